The summed E-state index contributed by atoms with van der Waals surface area (Å²) in [4.78, 5) is 8.81. The zero-order chi connectivity index (χ0) is 11.7. The van der Waals surface area contributed by atoms with Crippen LogP contribution in [0.25, 0.3) is 10.9 Å². The lowest BCUT2D eigenvalue weighted by molar-refractivity contribution is 0.415. The smallest absolute Gasteiger partial charge is 0.145 e. The Morgan fingerprint density at radius 1 is 1.31 bits per heavy atom. The molecule has 1 atom stereocenters. The Morgan fingerprint density at radius 3 is 2.69 bits per heavy atom. The number of aryl methyl sites for hydroxylation is 1. The summed E-state index contributed by atoms with van der Waals surface area (Å²) in [5.74, 6) is 1.46. The van der Waals surface area contributed by atoms with Gasteiger partial charge in [0.25, 0.3) is 0 Å². The number of fused-ring (bicyclic) bond motifs is 1. The highest BCUT2D eigenvalue weighted by molar-refractivity contribution is 5.82. The van der Waals surface area contributed by atoms with Crippen LogP contribution in [0.15, 0.2) is 18.2 Å². The van der Waals surface area contributed by atoms with Crippen LogP contribution in [0.5, 0.6) is 5.75 Å². The van der Waals surface area contributed by atoms with Crippen molar-refractivity contribution in [1.82, 2.24) is 9.97 Å². The van der Waals surface area contributed by atoms with Crippen molar-refractivity contribution in [2.45, 2.75) is 19.9 Å². The summed E-state index contributed by atoms with van der Waals surface area (Å²) in [5.41, 5.74) is 7.61. The summed E-state index contributed by atoms with van der Waals surface area (Å²) in [6.07, 6.45) is 0. The Hall–Kier alpha value is -1.68. The summed E-state index contributed by atoms with van der Waals surface area (Å²) in [6, 6.07) is 5.61. The second-order valence-corrected chi connectivity index (χ2v) is 3.84. The minimum absolute atomic E-state index is 0.158. The largest absolute Gasteiger partial charge is 0.497 e. The molecule has 1 aromatic carbocycles. The van der Waals surface area contributed by atoms with Gasteiger partial charge in [-0.25, -0.2) is 9.97 Å². The molecule has 0 aliphatic carbocycles. The zero-order valence-corrected chi connectivity index (χ0v) is 9.69. The number of nitrogens with zero attached hydrogens (tertiary/aromatic N) is 2. The van der Waals surface area contributed by atoms with Gasteiger partial charge in [-0.15, -0.1) is 0 Å². The van der Waals surface area contributed by atoms with Crippen LogP contribution in [-0.2, 0) is 0 Å². The molecule has 0 bridgehead atoms. The molecule has 1 unspecified atom stereocenters. The second-order valence-electron chi connectivity index (χ2n) is 3.84. The van der Waals surface area contributed by atoms with Crippen LogP contribution in [0.1, 0.15) is 24.5 Å². The van der Waals surface area contributed by atoms with Crippen LogP contribution >= 0.6 is 0 Å². The van der Waals surface area contributed by atoms with E-state index in [1.54, 1.807) is 7.11 Å². The lowest BCUT2D eigenvalue weighted by Crippen LogP contribution is -2.10. The highest BCUT2D eigenvalue weighted by Crippen LogP contribution is 2.22. The maximum absolute atomic E-state index is 5.79. The fourth-order valence-electron chi connectivity index (χ4n) is 1.62. The molecule has 2 rings (SSSR count). The lowest BCUT2D eigenvalue weighted by atomic mass is 10.1. The van der Waals surface area contributed by atoms with Crippen molar-refractivity contribution in [1.29, 1.82) is 0 Å². The van der Waals surface area contributed by atoms with Gasteiger partial charge in [-0.3, -0.25) is 0 Å². The van der Waals surface area contributed by atoms with Gasteiger partial charge < -0.3 is 10.5 Å². The average molecular weight is 217 g/mol. The summed E-state index contributed by atoms with van der Waals surface area (Å²) in [5, 5.41) is 1.03. The Balaban J connectivity index is 2.68. The van der Waals surface area contributed by atoms with Crippen LogP contribution in [0, 0.1) is 6.92 Å². The maximum atomic E-state index is 5.79. The fraction of sp³-hybridized carbons (Fsp3) is 0.333. The number of aromatic nitrogens is 2. The summed E-state index contributed by atoms with van der Waals surface area (Å²) >= 11 is 0. The highest BCUT2D eigenvalue weighted by Gasteiger charge is 2.08. The lowest BCUT2D eigenvalue weighted by Gasteiger charge is -2.08. The van der Waals surface area contributed by atoms with Crippen molar-refractivity contribution in [3.05, 3.63) is 29.7 Å². The summed E-state index contributed by atoms with van der Waals surface area (Å²) < 4.78 is 5.17. The molecule has 4 nitrogen and oxygen atoms in total. The first kappa shape index (κ1) is 10.8. The van der Waals surface area contributed by atoms with Crippen molar-refractivity contribution < 1.29 is 4.74 Å². The Bertz CT molecular complexity index is 523. The quantitative estimate of drug-likeness (QED) is 0.835. The number of hydrogen-bond acceptors (Lipinski definition) is 4. The first-order chi connectivity index (χ1) is 7.61. The van der Waals surface area contributed by atoms with E-state index in [1.807, 2.05) is 32.0 Å². The molecule has 0 radical (unpaired) electrons. The van der Waals surface area contributed by atoms with Crippen molar-refractivity contribution in [3.63, 3.8) is 0 Å². The van der Waals surface area contributed by atoms with Gasteiger partial charge in [-0.05, 0) is 26.0 Å². The molecule has 84 valence electrons. The topological polar surface area (TPSA) is 61.0 Å². The van der Waals surface area contributed by atoms with E-state index >= 15 is 0 Å². The van der Waals surface area contributed by atoms with E-state index in [2.05, 4.69) is 9.97 Å². The van der Waals surface area contributed by atoms with Gasteiger partial charge in [0.15, 0.2) is 0 Å². The molecule has 0 spiro atoms. The van der Waals surface area contributed by atoms with Gasteiger partial charge in [-0.2, -0.15) is 0 Å². The molecule has 0 amide bonds. The van der Waals surface area contributed by atoms with Gasteiger partial charge in [0.05, 0.1) is 18.7 Å². The first-order valence-electron chi connectivity index (χ1n) is 5.19. The van der Waals surface area contributed by atoms with E-state index in [-0.39, 0.29) is 6.04 Å². The standard InChI is InChI=1S/C12H15N3O/c1-7(13)12-14-8(2)10-5-4-9(16-3)6-11(10)15-12/h4-7H,13H2,1-3H3. The second kappa shape index (κ2) is 4.06. The predicted molar refractivity (Wildman–Crippen MR) is 63.4 cm³/mol. The number of hydrogen-bond donors (Lipinski definition) is 1. The zero-order valence-electron chi connectivity index (χ0n) is 9.69. The molecule has 1 aromatic heterocycles. The molecule has 0 fully saturated rings. The summed E-state index contributed by atoms with van der Waals surface area (Å²) in [6.45, 7) is 3.84. The number of methoxy groups -OCH3 is 1. The minimum atomic E-state index is -0.158. The molecule has 16 heavy (non-hydrogen) atoms. The van der Waals surface area contributed by atoms with E-state index in [0.29, 0.717) is 5.82 Å². The molecule has 0 aliphatic heterocycles. The van der Waals surface area contributed by atoms with Gasteiger partial charge in [0, 0.05) is 17.1 Å². The van der Waals surface area contributed by atoms with E-state index in [1.165, 1.54) is 0 Å². The van der Waals surface area contributed by atoms with Crippen LogP contribution in [0.3, 0.4) is 0 Å². The van der Waals surface area contributed by atoms with Crippen LogP contribution < -0.4 is 10.5 Å². The van der Waals surface area contributed by atoms with E-state index in [9.17, 15) is 0 Å². The third-order valence-electron chi connectivity index (χ3n) is 2.52. The SMILES string of the molecule is COc1ccc2c(C)nc(C(C)N)nc2c1. The van der Waals surface area contributed by atoms with E-state index in [4.69, 9.17) is 10.5 Å². The van der Waals surface area contributed by atoms with Crippen LogP contribution in [-0.4, -0.2) is 17.1 Å². The third-order valence-corrected chi connectivity index (χ3v) is 2.52. The van der Waals surface area contributed by atoms with Crippen molar-refractivity contribution in [3.8, 4) is 5.75 Å². The van der Waals surface area contributed by atoms with Gasteiger partial charge in [0.2, 0.25) is 0 Å². The molecule has 0 saturated heterocycles. The Labute approximate surface area is 94.5 Å². The van der Waals surface area contributed by atoms with Crippen molar-refractivity contribution in [2.24, 2.45) is 5.73 Å². The molecule has 1 heterocycles. The van der Waals surface area contributed by atoms with Gasteiger partial charge in [-0.1, -0.05) is 0 Å². The maximum Gasteiger partial charge on any atom is 0.145 e. The average Bonchev–Trinajstić information content (AvgIpc) is 2.28. The Morgan fingerprint density at radius 2 is 2.06 bits per heavy atom. The highest BCUT2D eigenvalue weighted by atomic mass is 16.5. The van der Waals surface area contributed by atoms with Crippen molar-refractivity contribution >= 4 is 10.9 Å². The first-order valence-corrected chi connectivity index (χ1v) is 5.19. The molecule has 2 N–H and O–H groups in total. The Kier molecular flexibility index (Phi) is 2.75. The fourth-order valence-corrected chi connectivity index (χ4v) is 1.62. The van der Waals surface area contributed by atoms with Gasteiger partial charge in [0.1, 0.15) is 11.6 Å². The van der Waals surface area contributed by atoms with E-state index < -0.39 is 0 Å². The third kappa shape index (κ3) is 1.84. The van der Waals surface area contributed by atoms with Crippen LogP contribution in [0.4, 0.5) is 0 Å². The van der Waals surface area contributed by atoms with E-state index in [0.717, 1.165) is 22.3 Å². The normalized spacial score (nSPS) is 12.8. The molecular formula is C12H15N3O. The summed E-state index contributed by atoms with van der Waals surface area (Å²) in [7, 11) is 1.64. The molecule has 4 heteroatoms. The molecule has 0 aliphatic rings. The molecule has 0 saturated carbocycles. The predicted octanol–water partition coefficient (Wildman–Crippen LogP) is 1.97. The molecular weight excluding hydrogens is 202 g/mol. The molecule has 2 aromatic rings. The minimum Gasteiger partial charge on any atom is -0.497 e. The van der Waals surface area contributed by atoms with Gasteiger partial charge >= 0.3 is 0 Å². The monoisotopic (exact) mass is 217 g/mol. The van der Waals surface area contributed by atoms with Crippen molar-refractivity contribution in [2.75, 3.05) is 7.11 Å². The number of benzene rings is 1. The number of rotatable bonds is 2. The number of ether oxygens (including phenoxy) is 1. The van der Waals surface area contributed by atoms with Crippen LogP contribution in [0.2, 0.25) is 0 Å². The number of nitrogens with two attached hydrogens (primary N) is 1.